The molecule has 0 aromatic heterocycles. The summed E-state index contributed by atoms with van der Waals surface area (Å²) in [6.07, 6.45) is 9.19. The third-order valence-corrected chi connectivity index (χ3v) is 8.04. The van der Waals surface area contributed by atoms with Crippen molar-refractivity contribution in [1.82, 2.24) is 10.2 Å². The molecule has 1 aliphatic carbocycles. The molecule has 0 radical (unpaired) electrons. The van der Waals surface area contributed by atoms with Gasteiger partial charge in [0.15, 0.2) is 0 Å². The number of carbonyl (C=O) groups is 1. The van der Waals surface area contributed by atoms with Gasteiger partial charge in [-0.3, -0.25) is 9.80 Å². The van der Waals surface area contributed by atoms with Crippen LogP contribution in [0.2, 0.25) is 0 Å². The quantitative estimate of drug-likeness (QED) is 0.427. The first-order valence-electron chi connectivity index (χ1n) is 14.0. The molecule has 6 nitrogen and oxygen atoms in total. The van der Waals surface area contributed by atoms with Crippen LogP contribution >= 0.6 is 0 Å². The average molecular weight is 519 g/mol. The lowest BCUT2D eigenvalue weighted by Gasteiger charge is -2.48. The van der Waals surface area contributed by atoms with Gasteiger partial charge in [-0.15, -0.1) is 6.58 Å². The number of aliphatic imine (C=N–C) groups is 1. The molecule has 1 spiro atoms. The number of hydrogen-bond donors (Lipinski definition) is 1. The minimum Gasteiger partial charge on any atom is -0.491 e. The number of rotatable bonds is 7. The molecule has 2 heterocycles. The number of amidine groups is 1. The Bertz CT molecular complexity index is 1190. The Morgan fingerprint density at radius 3 is 2.71 bits per heavy atom. The van der Waals surface area contributed by atoms with E-state index in [1.165, 1.54) is 37.0 Å². The first kappa shape index (κ1) is 26.4. The van der Waals surface area contributed by atoms with Crippen molar-refractivity contribution >= 4 is 17.6 Å². The largest absolute Gasteiger partial charge is 0.491 e. The molecule has 1 unspecified atom stereocenters. The normalized spacial score (nSPS) is 24.6. The molecule has 1 saturated carbocycles. The molecular weight excluding hydrogens is 479 g/mol. The molecule has 0 bridgehead atoms. The molecule has 2 aromatic rings. The zero-order valence-electron chi connectivity index (χ0n) is 22.5. The van der Waals surface area contributed by atoms with Crippen molar-refractivity contribution in [2.75, 3.05) is 11.4 Å². The van der Waals surface area contributed by atoms with E-state index in [-0.39, 0.29) is 24.0 Å². The topological polar surface area (TPSA) is 57.2 Å². The number of amides is 2. The lowest BCUT2D eigenvalue weighted by molar-refractivity contribution is 0.139. The predicted molar refractivity (Wildman–Crippen MR) is 150 cm³/mol. The zero-order valence-corrected chi connectivity index (χ0v) is 22.5. The highest BCUT2D eigenvalue weighted by atomic mass is 19.1. The van der Waals surface area contributed by atoms with Crippen LogP contribution in [0.1, 0.15) is 64.4 Å². The number of urea groups is 1. The monoisotopic (exact) mass is 518 g/mol. The fraction of sp³-hybridized carbons (Fsp3) is 0.484. The van der Waals surface area contributed by atoms with Gasteiger partial charge in [-0.25, -0.2) is 9.18 Å². The number of ether oxygens (including phenoxy) is 1. The highest BCUT2D eigenvalue weighted by molar-refractivity contribution is 6.16. The minimum atomic E-state index is -0.666. The molecule has 2 aromatic carbocycles. The Balaban J connectivity index is 1.43. The number of likely N-dealkylation sites (tertiary alicyclic amines) is 1. The third-order valence-electron chi connectivity index (χ3n) is 8.04. The van der Waals surface area contributed by atoms with Crippen molar-refractivity contribution in [1.29, 1.82) is 0 Å². The van der Waals surface area contributed by atoms with Crippen molar-refractivity contribution in [2.45, 2.75) is 89.1 Å². The molecule has 1 N–H and O–H groups in total. The maximum absolute atomic E-state index is 14.3. The van der Waals surface area contributed by atoms with Crippen LogP contribution in [-0.2, 0) is 6.54 Å². The van der Waals surface area contributed by atoms with E-state index in [2.05, 4.69) is 33.9 Å². The molecule has 2 atom stereocenters. The lowest BCUT2D eigenvalue weighted by atomic mass is 9.79. The number of carbonyl (C=O) groups excluding carboxylic acids is 1. The van der Waals surface area contributed by atoms with Gasteiger partial charge in [0.1, 0.15) is 22.9 Å². The van der Waals surface area contributed by atoms with Crippen LogP contribution in [0.3, 0.4) is 0 Å². The van der Waals surface area contributed by atoms with Crippen LogP contribution in [0.4, 0.5) is 14.9 Å². The molecule has 5 rings (SSSR count). The molecule has 202 valence electrons. The summed E-state index contributed by atoms with van der Waals surface area (Å²) in [6, 6.07) is 14.5. The molecule has 2 fully saturated rings. The second-order valence-corrected chi connectivity index (χ2v) is 11.1. The van der Waals surface area contributed by atoms with E-state index in [0.29, 0.717) is 24.6 Å². The molecule has 2 amide bonds. The van der Waals surface area contributed by atoms with Gasteiger partial charge in [0.2, 0.25) is 0 Å². The van der Waals surface area contributed by atoms with Crippen LogP contribution in [0.15, 0.2) is 66.2 Å². The fourth-order valence-corrected chi connectivity index (χ4v) is 6.26. The van der Waals surface area contributed by atoms with Gasteiger partial charge >= 0.3 is 6.03 Å². The maximum atomic E-state index is 14.3. The summed E-state index contributed by atoms with van der Waals surface area (Å²) in [4.78, 5) is 22.1. The second kappa shape index (κ2) is 11.3. The standard InChI is InChI=1S/C31H39FN4O2/c1-4-26-20-31(16-17-35(26)21-23-10-8-15-28(18-23)38-22(2)3)29(33-25-12-6-5-7-13-25)34-30(37)36(31)27-14-9-11-24(32)19-27/h4,8-11,14-15,18-19,22,25-26H,1,5-7,12-13,16-17,20-21H2,2-3H3,(H,33,34,37)/t26-,31?/m0/s1. The maximum Gasteiger partial charge on any atom is 0.350 e. The van der Waals surface area contributed by atoms with E-state index in [0.717, 1.165) is 37.5 Å². The number of nitrogens with one attached hydrogen (secondary N) is 1. The predicted octanol–water partition coefficient (Wildman–Crippen LogP) is 6.46. The Hall–Kier alpha value is -3.19. The van der Waals surface area contributed by atoms with Crippen LogP contribution in [0, 0.1) is 5.82 Å². The van der Waals surface area contributed by atoms with Crippen LogP contribution in [0.5, 0.6) is 5.75 Å². The van der Waals surface area contributed by atoms with Crippen molar-refractivity contribution < 1.29 is 13.9 Å². The van der Waals surface area contributed by atoms with E-state index in [9.17, 15) is 9.18 Å². The van der Waals surface area contributed by atoms with E-state index in [1.54, 1.807) is 17.0 Å². The van der Waals surface area contributed by atoms with Crippen molar-refractivity contribution in [3.8, 4) is 5.75 Å². The van der Waals surface area contributed by atoms with Crippen molar-refractivity contribution in [3.63, 3.8) is 0 Å². The van der Waals surface area contributed by atoms with Gasteiger partial charge in [-0.05, 0) is 75.4 Å². The summed E-state index contributed by atoms with van der Waals surface area (Å²) in [5, 5.41) is 3.68. The summed E-state index contributed by atoms with van der Waals surface area (Å²) in [5.41, 5.74) is 1.05. The number of piperidine rings is 1. The van der Waals surface area contributed by atoms with Crippen molar-refractivity contribution in [2.24, 2.45) is 4.99 Å². The van der Waals surface area contributed by atoms with Gasteiger partial charge in [0, 0.05) is 30.9 Å². The Labute approximate surface area is 225 Å². The van der Waals surface area contributed by atoms with Crippen LogP contribution in [0.25, 0.3) is 0 Å². The molecule has 1 saturated heterocycles. The van der Waals surface area contributed by atoms with Crippen LogP contribution < -0.4 is 15.0 Å². The summed E-state index contributed by atoms with van der Waals surface area (Å²) in [7, 11) is 0. The summed E-state index contributed by atoms with van der Waals surface area (Å²) >= 11 is 0. The average Bonchev–Trinajstić information content (AvgIpc) is 3.15. The first-order valence-corrected chi connectivity index (χ1v) is 14.0. The molecule has 7 heteroatoms. The van der Waals surface area contributed by atoms with E-state index >= 15 is 0 Å². The van der Waals surface area contributed by atoms with Gasteiger partial charge in [0.05, 0.1) is 6.10 Å². The molecule has 2 aliphatic heterocycles. The zero-order chi connectivity index (χ0) is 26.7. The smallest absolute Gasteiger partial charge is 0.350 e. The number of benzene rings is 2. The molecule has 3 aliphatic rings. The van der Waals surface area contributed by atoms with Gasteiger partial charge in [-0.2, -0.15) is 4.99 Å². The Kier molecular flexibility index (Phi) is 7.84. The summed E-state index contributed by atoms with van der Waals surface area (Å²) in [5.74, 6) is 1.24. The third kappa shape index (κ3) is 5.48. The van der Waals surface area contributed by atoms with Gasteiger partial charge in [-0.1, -0.05) is 43.5 Å². The van der Waals surface area contributed by atoms with Gasteiger partial charge < -0.3 is 10.1 Å². The van der Waals surface area contributed by atoms with Crippen LogP contribution in [-0.4, -0.2) is 47.0 Å². The Morgan fingerprint density at radius 2 is 1.97 bits per heavy atom. The van der Waals surface area contributed by atoms with E-state index in [4.69, 9.17) is 4.74 Å². The summed E-state index contributed by atoms with van der Waals surface area (Å²) < 4.78 is 20.2. The molecular formula is C31H39FN4O2. The second-order valence-electron chi connectivity index (χ2n) is 11.1. The number of nitrogens with zero attached hydrogens (tertiary/aromatic N) is 3. The lowest BCUT2D eigenvalue weighted by Crippen LogP contribution is -2.64. The van der Waals surface area contributed by atoms with Gasteiger partial charge in [0.25, 0.3) is 0 Å². The number of anilines is 1. The van der Waals surface area contributed by atoms with Crippen molar-refractivity contribution in [3.05, 3.63) is 72.6 Å². The number of halogens is 1. The summed E-state index contributed by atoms with van der Waals surface area (Å²) in [6.45, 7) is 9.72. The Morgan fingerprint density at radius 1 is 1.18 bits per heavy atom. The van der Waals surface area contributed by atoms with E-state index < -0.39 is 5.54 Å². The SMILES string of the molecule is C=C[C@H]1CC2(CCN1Cc1cccc(OC(C)C)c1)C(NC1CCCCC1)=NC(=O)N2c1cccc(F)c1. The molecule has 38 heavy (non-hydrogen) atoms. The van der Waals surface area contributed by atoms with E-state index in [1.807, 2.05) is 32.1 Å². The highest BCUT2D eigenvalue weighted by Crippen LogP contribution is 2.42. The number of hydrogen-bond acceptors (Lipinski definition) is 4. The highest BCUT2D eigenvalue weighted by Gasteiger charge is 2.54. The fourth-order valence-electron chi connectivity index (χ4n) is 6.26. The first-order chi connectivity index (χ1) is 18.4. The minimum absolute atomic E-state index is 0.0127.